The zero-order valence-corrected chi connectivity index (χ0v) is 25.7. The number of aliphatic hydroxyl groups is 2. The number of halogens is 3. The van der Waals surface area contributed by atoms with Crippen molar-refractivity contribution in [2.75, 3.05) is 19.9 Å². The fraction of sp³-hybridized carbons (Fsp3) is 1.00. The van der Waals surface area contributed by atoms with E-state index in [4.69, 9.17) is 10.5 Å². The van der Waals surface area contributed by atoms with Crippen LogP contribution in [0.1, 0.15) is 72.1 Å². The lowest BCUT2D eigenvalue weighted by molar-refractivity contribution is -0.186. The van der Waals surface area contributed by atoms with Gasteiger partial charge in [-0.2, -0.15) is 13.2 Å². The molecule has 2 aliphatic carbocycles. The highest BCUT2D eigenvalue weighted by atomic mass is 19.4. The first-order valence-corrected chi connectivity index (χ1v) is 16.4. The van der Waals surface area contributed by atoms with Crippen molar-refractivity contribution in [1.29, 1.82) is 0 Å². The van der Waals surface area contributed by atoms with Crippen LogP contribution in [-0.4, -0.2) is 119 Å². The lowest BCUT2D eigenvalue weighted by Crippen LogP contribution is -2.70. The average Bonchev–Trinajstić information content (AvgIpc) is 3.58. The number of nitrogens with two attached hydrogens (primary N) is 1. The Hall–Kier alpha value is -0.650. The fourth-order valence-electron chi connectivity index (χ4n) is 8.84. The number of alkyl halides is 3. The molecule has 11 atom stereocenters. The smallest absolute Gasteiger partial charge is 0.387 e. The summed E-state index contributed by atoms with van der Waals surface area (Å²) in [6, 6.07) is 1.03. The molecule has 0 aromatic carbocycles. The van der Waals surface area contributed by atoms with E-state index < -0.39 is 36.6 Å². The molecule has 6 fully saturated rings. The first-order valence-electron chi connectivity index (χ1n) is 16.4. The van der Waals surface area contributed by atoms with Crippen LogP contribution in [0.25, 0.3) is 0 Å². The SMILES string of the molecule is CC(C)N(C[C@H]1O[C@](C)(N2CNC3C(N)NCNC32)[C@H](O)[C@@H]1O)C1CC(CCC2NC3CCC(CC(F)(F)F)CC3N2)C1. The summed E-state index contributed by atoms with van der Waals surface area (Å²) in [5, 5.41) is 39.6. The maximum absolute atomic E-state index is 12.9. The van der Waals surface area contributed by atoms with E-state index in [0.29, 0.717) is 44.7 Å². The molecule has 0 aromatic heterocycles. The lowest BCUT2D eigenvalue weighted by atomic mass is 9.76. The average molecular weight is 619 g/mol. The molecule has 11 nitrogen and oxygen atoms in total. The Bertz CT molecular complexity index is 960. The van der Waals surface area contributed by atoms with Crippen molar-refractivity contribution in [3.63, 3.8) is 0 Å². The van der Waals surface area contributed by atoms with Gasteiger partial charge in [-0.15, -0.1) is 0 Å². The van der Waals surface area contributed by atoms with E-state index in [0.717, 1.165) is 32.1 Å². The van der Waals surface area contributed by atoms with Crippen LogP contribution in [0, 0.1) is 11.8 Å². The van der Waals surface area contributed by atoms with Gasteiger partial charge < -0.3 is 20.7 Å². The summed E-state index contributed by atoms with van der Waals surface area (Å²) in [7, 11) is 0. The van der Waals surface area contributed by atoms with Crippen LogP contribution in [0.2, 0.25) is 0 Å². The van der Waals surface area contributed by atoms with E-state index >= 15 is 0 Å². The van der Waals surface area contributed by atoms with Gasteiger partial charge in [0.2, 0.25) is 0 Å². The van der Waals surface area contributed by atoms with Crippen molar-refractivity contribution in [2.45, 2.75) is 151 Å². The Kier molecular flexibility index (Phi) is 9.40. The van der Waals surface area contributed by atoms with Gasteiger partial charge in [-0.25, -0.2) is 4.90 Å². The molecule has 4 heterocycles. The van der Waals surface area contributed by atoms with Crippen molar-refractivity contribution in [2.24, 2.45) is 17.6 Å². The third-order valence-corrected chi connectivity index (χ3v) is 11.3. The summed E-state index contributed by atoms with van der Waals surface area (Å²) in [5.41, 5.74) is 5.19. The van der Waals surface area contributed by atoms with Crippen LogP contribution < -0.4 is 32.3 Å². The van der Waals surface area contributed by atoms with Crippen LogP contribution >= 0.6 is 0 Å². The van der Waals surface area contributed by atoms with Crippen LogP contribution in [0.5, 0.6) is 0 Å². The molecule has 0 amide bonds. The maximum Gasteiger partial charge on any atom is 0.389 e. The molecule has 0 bridgehead atoms. The predicted molar refractivity (Wildman–Crippen MR) is 155 cm³/mol. The zero-order valence-electron chi connectivity index (χ0n) is 25.7. The molecule has 4 saturated heterocycles. The predicted octanol–water partition coefficient (Wildman–Crippen LogP) is 0.0935. The lowest BCUT2D eigenvalue weighted by Gasteiger charge is -2.46. The Morgan fingerprint density at radius 3 is 2.49 bits per heavy atom. The molecule has 9 N–H and O–H groups in total. The Morgan fingerprint density at radius 2 is 1.77 bits per heavy atom. The van der Waals surface area contributed by atoms with E-state index in [2.05, 4.69) is 45.3 Å². The number of hydrogen-bond acceptors (Lipinski definition) is 11. The van der Waals surface area contributed by atoms with Crippen LogP contribution in [0.3, 0.4) is 0 Å². The number of nitrogens with zero attached hydrogens (tertiary/aromatic N) is 2. The van der Waals surface area contributed by atoms with E-state index in [1.54, 1.807) is 0 Å². The highest BCUT2D eigenvalue weighted by Gasteiger charge is 2.59. The summed E-state index contributed by atoms with van der Waals surface area (Å²) in [6.07, 6.45) is -1.26. The van der Waals surface area contributed by atoms with Gasteiger partial charge in [0.25, 0.3) is 0 Å². The van der Waals surface area contributed by atoms with Gasteiger partial charge in [0, 0.05) is 43.8 Å². The fourth-order valence-corrected chi connectivity index (χ4v) is 8.84. The number of fused-ring (bicyclic) bond motifs is 2. The Morgan fingerprint density at radius 1 is 1.02 bits per heavy atom. The molecule has 0 radical (unpaired) electrons. The molecule has 248 valence electrons. The van der Waals surface area contributed by atoms with Crippen molar-refractivity contribution >= 4 is 0 Å². The van der Waals surface area contributed by atoms with Crippen molar-refractivity contribution in [1.82, 2.24) is 36.4 Å². The molecule has 6 rings (SSSR count). The molecule has 6 aliphatic rings. The van der Waals surface area contributed by atoms with Gasteiger partial charge in [0.1, 0.15) is 24.0 Å². The molecule has 0 aromatic rings. The summed E-state index contributed by atoms with van der Waals surface area (Å²) in [5.74, 6) is 0.331. The van der Waals surface area contributed by atoms with Crippen LogP contribution in [0.15, 0.2) is 0 Å². The minimum absolute atomic E-state index is 0.0402. The van der Waals surface area contributed by atoms with Gasteiger partial charge in [-0.3, -0.25) is 31.5 Å². The molecule has 7 unspecified atom stereocenters. The zero-order chi connectivity index (χ0) is 30.7. The molecular formula is C29H53F3N8O3. The van der Waals surface area contributed by atoms with Crippen LogP contribution in [0.4, 0.5) is 13.2 Å². The van der Waals surface area contributed by atoms with Gasteiger partial charge in [-0.1, -0.05) is 0 Å². The second kappa shape index (κ2) is 12.5. The third-order valence-electron chi connectivity index (χ3n) is 11.3. The van der Waals surface area contributed by atoms with Crippen molar-refractivity contribution in [3.8, 4) is 0 Å². The topological polar surface area (TPSA) is 142 Å². The summed E-state index contributed by atoms with van der Waals surface area (Å²) >= 11 is 0. The second-order valence-corrected chi connectivity index (χ2v) is 14.5. The number of hydrogen-bond donors (Lipinski definition) is 8. The monoisotopic (exact) mass is 618 g/mol. The molecular weight excluding hydrogens is 565 g/mol. The van der Waals surface area contributed by atoms with E-state index in [9.17, 15) is 23.4 Å². The minimum Gasteiger partial charge on any atom is -0.387 e. The Balaban J connectivity index is 0.972. The Labute approximate surface area is 253 Å². The maximum atomic E-state index is 12.9. The standard InChI is InChI=1S/C29H53F3N8O3/c1-15(2)39(12-21-24(41)25(42)28(3,43-21)40-14-36-23-26(33)34-13-35-27(23)40)18-8-16(9-18)5-7-22-37-19-6-4-17(10-20(19)38-22)11-29(30,31)32/h15-27,34-38,41-42H,4-14,33H2,1-3H3/t16?,17?,18?,19?,20?,21-,22?,23?,24-,25-,26?,27?,28+/m1/s1. The third kappa shape index (κ3) is 6.62. The van der Waals surface area contributed by atoms with Gasteiger partial charge in [-0.05, 0) is 77.6 Å². The number of aliphatic hydroxyl groups excluding tert-OH is 2. The van der Waals surface area contributed by atoms with E-state index in [1.807, 2.05) is 11.8 Å². The first kappa shape index (κ1) is 32.3. The van der Waals surface area contributed by atoms with E-state index in [1.165, 1.54) is 0 Å². The largest absolute Gasteiger partial charge is 0.389 e. The van der Waals surface area contributed by atoms with E-state index in [-0.39, 0.29) is 48.6 Å². The van der Waals surface area contributed by atoms with Gasteiger partial charge in [0.05, 0.1) is 31.2 Å². The van der Waals surface area contributed by atoms with Gasteiger partial charge in [0.15, 0.2) is 0 Å². The normalized spacial score (nSPS) is 47.2. The summed E-state index contributed by atoms with van der Waals surface area (Å²) in [4.78, 5) is 4.46. The summed E-state index contributed by atoms with van der Waals surface area (Å²) < 4.78 is 45.2. The molecule has 0 spiro atoms. The molecule has 43 heavy (non-hydrogen) atoms. The minimum atomic E-state index is -4.08. The number of rotatable bonds is 9. The highest BCUT2D eigenvalue weighted by Crippen LogP contribution is 2.41. The van der Waals surface area contributed by atoms with Crippen molar-refractivity contribution < 1.29 is 28.1 Å². The second-order valence-electron chi connectivity index (χ2n) is 14.5. The van der Waals surface area contributed by atoms with Gasteiger partial charge >= 0.3 is 6.18 Å². The number of nitrogens with one attached hydrogen (secondary N) is 5. The first-order chi connectivity index (χ1) is 20.3. The number of ether oxygens (including phenoxy) is 1. The highest BCUT2D eigenvalue weighted by molar-refractivity contribution is 5.08. The molecule has 2 saturated carbocycles. The van der Waals surface area contributed by atoms with Crippen molar-refractivity contribution in [3.05, 3.63) is 0 Å². The molecule has 4 aliphatic heterocycles. The quantitative estimate of drug-likeness (QED) is 0.178. The molecule has 14 heteroatoms. The summed E-state index contributed by atoms with van der Waals surface area (Å²) in [6.45, 7) is 7.78. The van der Waals surface area contributed by atoms with Crippen LogP contribution in [-0.2, 0) is 4.74 Å².